The predicted molar refractivity (Wildman–Crippen MR) is 27.9 cm³/mol. The summed E-state index contributed by atoms with van der Waals surface area (Å²) in [4.78, 5) is 19.6. The van der Waals surface area contributed by atoms with Crippen molar-refractivity contribution in [2.75, 3.05) is 0 Å². The summed E-state index contributed by atoms with van der Waals surface area (Å²) < 4.78 is 0. The number of carboxylic acids is 2. The maximum atomic E-state index is 9.85. The molecule has 0 heterocycles. The molecular weight excluding hydrogens is 190 g/mol. The zero-order chi connectivity index (χ0) is 7.44. The molecule has 0 aliphatic heterocycles. The summed E-state index contributed by atoms with van der Waals surface area (Å²) in [5.74, 6) is -2.50. The fraction of sp³-hybridized carbons (Fsp3) is 0.500. The van der Waals surface area contributed by atoms with Crippen molar-refractivity contribution in [2.45, 2.75) is 12.5 Å². The molecule has 0 aromatic heterocycles. The summed E-state index contributed by atoms with van der Waals surface area (Å²) >= 11 is 0. The molecule has 0 rings (SSSR count). The van der Waals surface area contributed by atoms with E-state index in [4.69, 9.17) is 15.9 Å². The molecule has 0 aromatic rings. The van der Waals surface area contributed by atoms with E-state index in [1.165, 1.54) is 0 Å². The third kappa shape index (κ3) is 5.55. The SMILES string of the molecule is N[C@@H](CC(=O)O)C(=O)O.[Cu+]. The summed E-state index contributed by atoms with van der Waals surface area (Å²) in [6.45, 7) is 0. The summed E-state index contributed by atoms with van der Waals surface area (Å²) in [7, 11) is 0. The molecule has 1 atom stereocenters. The van der Waals surface area contributed by atoms with Crippen LogP contribution in [0.3, 0.4) is 0 Å². The Morgan fingerprint density at radius 3 is 1.90 bits per heavy atom. The molecule has 62 valence electrons. The standard InChI is InChI=1S/C4H7NO4.Cu/c5-2(4(8)9)1-3(6)7;/h2H,1,5H2,(H,6,7)(H,8,9);/q;+1/t2-;/m0./s1. The van der Waals surface area contributed by atoms with E-state index >= 15 is 0 Å². The summed E-state index contributed by atoms with van der Waals surface area (Å²) in [5.41, 5.74) is 4.84. The van der Waals surface area contributed by atoms with Crippen molar-refractivity contribution in [2.24, 2.45) is 5.73 Å². The number of aliphatic carboxylic acids is 2. The van der Waals surface area contributed by atoms with Gasteiger partial charge in [-0.2, -0.15) is 0 Å². The molecule has 0 bridgehead atoms. The van der Waals surface area contributed by atoms with Gasteiger partial charge in [0.2, 0.25) is 0 Å². The Labute approximate surface area is 67.7 Å². The Morgan fingerprint density at radius 2 is 1.80 bits per heavy atom. The van der Waals surface area contributed by atoms with Gasteiger partial charge >= 0.3 is 29.0 Å². The van der Waals surface area contributed by atoms with Gasteiger partial charge in [-0.05, 0) is 0 Å². The summed E-state index contributed by atoms with van der Waals surface area (Å²) in [6, 6.07) is -1.29. The van der Waals surface area contributed by atoms with Crippen molar-refractivity contribution >= 4 is 11.9 Å². The van der Waals surface area contributed by atoms with E-state index in [2.05, 4.69) is 0 Å². The van der Waals surface area contributed by atoms with Gasteiger partial charge in [-0.25, -0.2) is 0 Å². The zero-order valence-electron chi connectivity index (χ0n) is 4.87. The van der Waals surface area contributed by atoms with Crippen LogP contribution in [0.15, 0.2) is 0 Å². The molecule has 0 aliphatic rings. The first-order valence-corrected chi connectivity index (χ1v) is 2.24. The van der Waals surface area contributed by atoms with E-state index in [1.807, 2.05) is 0 Å². The molecule has 5 nitrogen and oxygen atoms in total. The van der Waals surface area contributed by atoms with Crippen LogP contribution in [-0.2, 0) is 26.7 Å². The number of nitrogens with two attached hydrogens (primary N) is 1. The third-order valence-corrected chi connectivity index (χ3v) is 0.712. The first-order valence-electron chi connectivity index (χ1n) is 2.24. The second kappa shape index (κ2) is 5.22. The zero-order valence-corrected chi connectivity index (χ0v) is 5.82. The number of hydrogen-bond acceptors (Lipinski definition) is 3. The second-order valence-corrected chi connectivity index (χ2v) is 1.54. The van der Waals surface area contributed by atoms with Crippen molar-refractivity contribution in [1.29, 1.82) is 0 Å². The van der Waals surface area contributed by atoms with Crippen LogP contribution in [0.2, 0.25) is 0 Å². The predicted octanol–water partition coefficient (Wildman–Crippen LogP) is -1.13. The van der Waals surface area contributed by atoms with Crippen LogP contribution in [-0.4, -0.2) is 28.2 Å². The fourth-order valence-electron chi connectivity index (χ4n) is 0.275. The molecule has 10 heavy (non-hydrogen) atoms. The van der Waals surface area contributed by atoms with Gasteiger partial charge in [0.1, 0.15) is 6.04 Å². The third-order valence-electron chi connectivity index (χ3n) is 0.712. The van der Waals surface area contributed by atoms with E-state index in [-0.39, 0.29) is 17.1 Å². The van der Waals surface area contributed by atoms with E-state index in [9.17, 15) is 9.59 Å². The summed E-state index contributed by atoms with van der Waals surface area (Å²) in [6.07, 6.45) is -0.532. The van der Waals surface area contributed by atoms with Crippen LogP contribution < -0.4 is 5.73 Å². The molecule has 0 amide bonds. The van der Waals surface area contributed by atoms with Gasteiger partial charge in [-0.3, -0.25) is 9.59 Å². The molecule has 0 saturated heterocycles. The first kappa shape index (κ1) is 12.1. The minimum Gasteiger partial charge on any atom is -0.481 e. The average Bonchev–Trinajstić information content (AvgIpc) is 1.63. The molecule has 0 fully saturated rings. The maximum Gasteiger partial charge on any atom is 1.00 e. The van der Waals surface area contributed by atoms with Gasteiger partial charge in [0, 0.05) is 0 Å². The van der Waals surface area contributed by atoms with Crippen molar-refractivity contribution in [3.05, 3.63) is 0 Å². The Kier molecular flexibility index (Phi) is 6.34. The van der Waals surface area contributed by atoms with Crippen molar-refractivity contribution in [1.82, 2.24) is 0 Å². The van der Waals surface area contributed by atoms with Gasteiger partial charge in [0.05, 0.1) is 6.42 Å². The van der Waals surface area contributed by atoms with Gasteiger partial charge < -0.3 is 15.9 Å². The minimum atomic E-state index is -1.29. The molecule has 0 aliphatic carbocycles. The molecule has 4 N–H and O–H groups in total. The molecule has 0 radical (unpaired) electrons. The molecule has 0 spiro atoms. The fourth-order valence-corrected chi connectivity index (χ4v) is 0.275. The van der Waals surface area contributed by atoms with Crippen LogP contribution in [0.1, 0.15) is 6.42 Å². The minimum absolute atomic E-state index is 0. The van der Waals surface area contributed by atoms with E-state index in [0.29, 0.717) is 0 Å². The monoisotopic (exact) mass is 196 g/mol. The first-order chi connectivity index (χ1) is 4.04. The van der Waals surface area contributed by atoms with Gasteiger partial charge in [-0.1, -0.05) is 0 Å². The normalized spacial score (nSPS) is 11.3. The Morgan fingerprint density at radius 1 is 1.40 bits per heavy atom. The molecule has 0 unspecified atom stereocenters. The van der Waals surface area contributed by atoms with Crippen LogP contribution in [0.25, 0.3) is 0 Å². The van der Waals surface area contributed by atoms with Crippen molar-refractivity contribution in [3.63, 3.8) is 0 Å². The van der Waals surface area contributed by atoms with Crippen molar-refractivity contribution in [3.8, 4) is 0 Å². The van der Waals surface area contributed by atoms with Crippen molar-refractivity contribution < 1.29 is 36.9 Å². The average molecular weight is 197 g/mol. The molecular formula is C4H7CuNO4+. The molecule has 6 heteroatoms. The Balaban J connectivity index is 0. The quantitative estimate of drug-likeness (QED) is 0.496. The van der Waals surface area contributed by atoms with Crippen LogP contribution in [0.5, 0.6) is 0 Å². The van der Waals surface area contributed by atoms with Crippen LogP contribution in [0.4, 0.5) is 0 Å². The van der Waals surface area contributed by atoms with E-state index in [1.54, 1.807) is 0 Å². The van der Waals surface area contributed by atoms with E-state index in [0.717, 1.165) is 0 Å². The molecule has 0 aromatic carbocycles. The van der Waals surface area contributed by atoms with Gasteiger partial charge in [0.15, 0.2) is 0 Å². The Bertz CT molecular complexity index is 137. The van der Waals surface area contributed by atoms with Crippen LogP contribution in [0, 0.1) is 0 Å². The van der Waals surface area contributed by atoms with Crippen LogP contribution >= 0.6 is 0 Å². The van der Waals surface area contributed by atoms with Gasteiger partial charge in [0.25, 0.3) is 0 Å². The Hall–Kier alpha value is -0.581. The molecule has 0 saturated carbocycles. The second-order valence-electron chi connectivity index (χ2n) is 1.54. The smallest absolute Gasteiger partial charge is 0.481 e. The maximum absolute atomic E-state index is 9.85. The summed E-state index contributed by atoms with van der Waals surface area (Å²) in [5, 5.41) is 16.0. The van der Waals surface area contributed by atoms with Gasteiger partial charge in [-0.15, -0.1) is 0 Å². The number of carbonyl (C=O) groups is 2. The van der Waals surface area contributed by atoms with E-state index < -0.39 is 24.4 Å². The number of hydrogen-bond donors (Lipinski definition) is 3. The largest absolute Gasteiger partial charge is 1.00 e. The number of carboxylic acid groups (broad SMARTS) is 2. The topological polar surface area (TPSA) is 101 Å². The number of rotatable bonds is 3.